The normalized spacial score (nSPS) is 27.6. The van der Waals surface area contributed by atoms with Crippen LogP contribution in [0.4, 0.5) is 0 Å². The number of para-hydroxylation sites is 1. The average Bonchev–Trinajstić information content (AvgIpc) is 3.25. The molecule has 188 valence electrons. The molecule has 3 atom stereocenters. The van der Waals surface area contributed by atoms with E-state index in [0.717, 1.165) is 58.1 Å². The van der Waals surface area contributed by atoms with Gasteiger partial charge in [-0.25, -0.2) is 0 Å². The van der Waals surface area contributed by atoms with Crippen molar-refractivity contribution >= 4 is 11.8 Å². The Kier molecular flexibility index (Phi) is 9.22. The van der Waals surface area contributed by atoms with Crippen LogP contribution in [0.5, 0.6) is 5.75 Å². The van der Waals surface area contributed by atoms with E-state index in [0.29, 0.717) is 37.4 Å². The van der Waals surface area contributed by atoms with E-state index in [1.54, 1.807) is 4.90 Å². The molecule has 7 nitrogen and oxygen atoms in total. The van der Waals surface area contributed by atoms with Crippen molar-refractivity contribution in [2.45, 2.75) is 82.5 Å². The van der Waals surface area contributed by atoms with Crippen molar-refractivity contribution in [1.82, 2.24) is 9.80 Å². The second kappa shape index (κ2) is 12.5. The molecule has 1 unspecified atom stereocenters. The van der Waals surface area contributed by atoms with Gasteiger partial charge in [0.25, 0.3) is 5.91 Å². The van der Waals surface area contributed by atoms with Crippen molar-refractivity contribution < 1.29 is 23.8 Å². The van der Waals surface area contributed by atoms with Gasteiger partial charge in [-0.3, -0.25) is 9.59 Å². The van der Waals surface area contributed by atoms with Crippen LogP contribution in [-0.4, -0.2) is 79.8 Å². The number of amides is 2. The minimum Gasteiger partial charge on any atom is -0.485 e. The summed E-state index contributed by atoms with van der Waals surface area (Å²) < 4.78 is 18.5. The first-order valence-electron chi connectivity index (χ1n) is 13.1. The number of carbonyl (C=O) groups is 2. The second-order valence-electron chi connectivity index (χ2n) is 9.90. The third kappa shape index (κ3) is 6.72. The monoisotopic (exact) mass is 472 g/mol. The Labute approximate surface area is 203 Å². The van der Waals surface area contributed by atoms with Gasteiger partial charge in [-0.15, -0.1) is 0 Å². The molecule has 4 rings (SSSR count). The van der Waals surface area contributed by atoms with Crippen LogP contribution in [0.15, 0.2) is 24.3 Å². The summed E-state index contributed by atoms with van der Waals surface area (Å²) in [4.78, 5) is 29.9. The van der Waals surface area contributed by atoms with E-state index >= 15 is 0 Å². The van der Waals surface area contributed by atoms with Crippen LogP contribution < -0.4 is 4.74 Å². The second-order valence-corrected chi connectivity index (χ2v) is 9.90. The molecule has 0 aromatic heterocycles. The Balaban J connectivity index is 1.48. The van der Waals surface area contributed by atoms with Gasteiger partial charge in [0.2, 0.25) is 5.91 Å². The number of fused-ring (bicyclic) bond motifs is 2. The molecule has 0 N–H and O–H groups in total. The maximum absolute atomic E-state index is 13.2. The summed E-state index contributed by atoms with van der Waals surface area (Å²) in [6.45, 7) is 3.14. The number of hydrogen-bond acceptors (Lipinski definition) is 5. The average molecular weight is 473 g/mol. The van der Waals surface area contributed by atoms with E-state index in [1.165, 1.54) is 12.8 Å². The molecule has 0 bridgehead atoms. The number of likely N-dealkylation sites (tertiary alicyclic amines) is 1. The number of benzene rings is 1. The van der Waals surface area contributed by atoms with Crippen LogP contribution in [0.25, 0.3) is 0 Å². The number of nitrogens with zero attached hydrogens (tertiary/aromatic N) is 2. The zero-order valence-electron chi connectivity index (χ0n) is 20.6. The van der Waals surface area contributed by atoms with Gasteiger partial charge in [0.1, 0.15) is 18.0 Å². The van der Waals surface area contributed by atoms with Crippen molar-refractivity contribution in [1.29, 1.82) is 0 Å². The predicted octanol–water partition coefficient (Wildman–Crippen LogP) is 4.05. The molecule has 34 heavy (non-hydrogen) atoms. The Morgan fingerprint density at radius 2 is 1.62 bits per heavy atom. The lowest BCUT2D eigenvalue weighted by Gasteiger charge is -2.24. The smallest absolute Gasteiger partial charge is 0.257 e. The summed E-state index contributed by atoms with van der Waals surface area (Å²) in [6.07, 6.45) is 9.72. The van der Waals surface area contributed by atoms with E-state index in [4.69, 9.17) is 14.2 Å². The molecule has 3 heterocycles. The van der Waals surface area contributed by atoms with Gasteiger partial charge in [0.05, 0.1) is 31.2 Å². The molecule has 0 spiro atoms. The topological polar surface area (TPSA) is 68.3 Å². The van der Waals surface area contributed by atoms with Crippen molar-refractivity contribution in [2.24, 2.45) is 0 Å². The molecule has 3 aliphatic rings. The number of hydrogen-bond donors (Lipinski definition) is 0. The standard InChI is InChI=1S/C27H40N2O5/c1-28-15-9-4-2-3-5-10-17-33-24-19-29(26(30)18-21-12-8-11-16-32-21)20-25(24)34-23-14-7-6-13-22(23)27(28)31/h6-7,13-14,21,24-25H,2-5,8-12,15-20H2,1H3/t21?,24-,25-/m1/s1. The van der Waals surface area contributed by atoms with Crippen LogP contribution >= 0.6 is 0 Å². The van der Waals surface area contributed by atoms with Gasteiger partial charge < -0.3 is 24.0 Å². The molecule has 2 saturated heterocycles. The Morgan fingerprint density at radius 3 is 2.44 bits per heavy atom. The van der Waals surface area contributed by atoms with Gasteiger partial charge >= 0.3 is 0 Å². The molecule has 0 saturated carbocycles. The number of ether oxygens (including phenoxy) is 3. The van der Waals surface area contributed by atoms with E-state index in [1.807, 2.05) is 36.2 Å². The lowest BCUT2D eigenvalue weighted by atomic mass is 10.1. The van der Waals surface area contributed by atoms with Crippen LogP contribution in [0.1, 0.15) is 74.6 Å². The highest BCUT2D eigenvalue weighted by atomic mass is 16.5. The first-order chi connectivity index (χ1) is 16.6. The lowest BCUT2D eigenvalue weighted by molar-refractivity contribution is -0.134. The first kappa shape index (κ1) is 25.0. The van der Waals surface area contributed by atoms with Crippen molar-refractivity contribution in [2.75, 3.05) is 39.9 Å². The predicted molar refractivity (Wildman–Crippen MR) is 130 cm³/mol. The summed E-state index contributed by atoms with van der Waals surface area (Å²) in [5.74, 6) is 0.636. The molecule has 0 aliphatic carbocycles. The third-order valence-electron chi connectivity index (χ3n) is 7.21. The molecular formula is C27H40N2O5. The summed E-state index contributed by atoms with van der Waals surface area (Å²) >= 11 is 0. The maximum Gasteiger partial charge on any atom is 0.257 e. The minimum atomic E-state index is -0.302. The van der Waals surface area contributed by atoms with Gasteiger partial charge in [0, 0.05) is 26.8 Å². The van der Waals surface area contributed by atoms with Crippen LogP contribution in [-0.2, 0) is 14.3 Å². The van der Waals surface area contributed by atoms with Gasteiger partial charge in [-0.2, -0.15) is 0 Å². The molecule has 1 aromatic carbocycles. The van der Waals surface area contributed by atoms with Crippen LogP contribution in [0, 0.1) is 0 Å². The third-order valence-corrected chi connectivity index (χ3v) is 7.21. The molecule has 1 aromatic rings. The fraction of sp³-hybridized carbons (Fsp3) is 0.704. The van der Waals surface area contributed by atoms with Gasteiger partial charge in [-0.05, 0) is 44.2 Å². The summed E-state index contributed by atoms with van der Waals surface area (Å²) in [6, 6.07) is 7.43. The number of carbonyl (C=O) groups excluding carboxylic acids is 2. The van der Waals surface area contributed by atoms with Crippen LogP contribution in [0.2, 0.25) is 0 Å². The highest BCUT2D eigenvalue weighted by molar-refractivity contribution is 5.96. The van der Waals surface area contributed by atoms with E-state index in [-0.39, 0.29) is 30.1 Å². The van der Waals surface area contributed by atoms with E-state index in [2.05, 4.69) is 0 Å². The van der Waals surface area contributed by atoms with Crippen LogP contribution in [0.3, 0.4) is 0 Å². The van der Waals surface area contributed by atoms with Crippen molar-refractivity contribution in [3.8, 4) is 5.75 Å². The summed E-state index contributed by atoms with van der Waals surface area (Å²) in [5.41, 5.74) is 0.566. The Bertz CT molecular complexity index is 810. The molecular weight excluding hydrogens is 432 g/mol. The Morgan fingerprint density at radius 1 is 0.912 bits per heavy atom. The van der Waals surface area contributed by atoms with Gasteiger partial charge in [-0.1, -0.05) is 37.8 Å². The van der Waals surface area contributed by atoms with Crippen molar-refractivity contribution in [3.05, 3.63) is 29.8 Å². The maximum atomic E-state index is 13.2. The molecule has 2 amide bonds. The fourth-order valence-electron chi connectivity index (χ4n) is 5.12. The van der Waals surface area contributed by atoms with E-state index < -0.39 is 0 Å². The molecule has 0 radical (unpaired) electrons. The summed E-state index contributed by atoms with van der Waals surface area (Å²) in [5, 5.41) is 0. The molecule has 3 aliphatic heterocycles. The summed E-state index contributed by atoms with van der Waals surface area (Å²) in [7, 11) is 1.86. The fourth-order valence-corrected chi connectivity index (χ4v) is 5.12. The van der Waals surface area contributed by atoms with Gasteiger partial charge in [0.15, 0.2) is 0 Å². The SMILES string of the molecule is CN1CCCCCCCCO[C@@H]2CN(C(=O)CC3CCCCO3)C[C@H]2Oc2ccccc2C1=O. The quantitative estimate of drug-likeness (QED) is 0.650. The zero-order valence-corrected chi connectivity index (χ0v) is 20.6. The molecule has 7 heteroatoms. The number of rotatable bonds is 2. The highest BCUT2D eigenvalue weighted by Crippen LogP contribution is 2.27. The molecule has 2 fully saturated rings. The highest BCUT2D eigenvalue weighted by Gasteiger charge is 2.39. The van der Waals surface area contributed by atoms with E-state index in [9.17, 15) is 9.59 Å². The first-order valence-corrected chi connectivity index (χ1v) is 13.1. The Hall–Kier alpha value is -2.12. The lowest BCUT2D eigenvalue weighted by Crippen LogP contribution is -2.35. The van der Waals surface area contributed by atoms with Crippen molar-refractivity contribution in [3.63, 3.8) is 0 Å². The minimum absolute atomic E-state index is 0.0175. The zero-order chi connectivity index (χ0) is 23.8. The largest absolute Gasteiger partial charge is 0.485 e.